The van der Waals surface area contributed by atoms with Crippen molar-refractivity contribution in [2.24, 2.45) is 10.9 Å². The molecule has 0 radical (unpaired) electrons. The van der Waals surface area contributed by atoms with E-state index >= 15 is 0 Å². The molecule has 0 spiro atoms. The van der Waals surface area contributed by atoms with E-state index in [-0.39, 0.29) is 6.04 Å². The first-order chi connectivity index (χ1) is 13.8. The normalized spacial score (nSPS) is 18.0. The summed E-state index contributed by atoms with van der Waals surface area (Å²) in [6, 6.07) is 6.25. The largest absolute Gasteiger partial charge is 0.468 e. The van der Waals surface area contributed by atoms with Crippen LogP contribution in [0.4, 0.5) is 0 Å². The van der Waals surface area contributed by atoms with E-state index in [4.69, 9.17) is 9.41 Å². The van der Waals surface area contributed by atoms with Crippen LogP contribution in [0.2, 0.25) is 0 Å². The maximum Gasteiger partial charge on any atom is 0.191 e. The number of nitrogens with one attached hydrogen (secondary N) is 2. The number of hydrogen-bond acceptors (Lipinski definition) is 4. The fourth-order valence-corrected chi connectivity index (χ4v) is 3.69. The van der Waals surface area contributed by atoms with Gasteiger partial charge in [0.15, 0.2) is 5.96 Å². The molecule has 28 heavy (non-hydrogen) atoms. The number of guanidine groups is 1. The summed E-state index contributed by atoms with van der Waals surface area (Å²) in [6.45, 7) is 9.81. The van der Waals surface area contributed by atoms with Gasteiger partial charge in [-0.1, -0.05) is 13.3 Å². The van der Waals surface area contributed by atoms with Crippen molar-refractivity contribution in [1.82, 2.24) is 25.3 Å². The SMILES string of the molecule is CCNC(=NCC(C)Cn1cccn1)NCC(c1ccco1)N1CCCCC1. The highest BCUT2D eigenvalue weighted by molar-refractivity contribution is 5.79. The lowest BCUT2D eigenvalue weighted by Gasteiger charge is -2.33. The molecule has 2 unspecified atom stereocenters. The molecule has 7 nitrogen and oxygen atoms in total. The van der Waals surface area contributed by atoms with Crippen molar-refractivity contribution in [3.8, 4) is 0 Å². The van der Waals surface area contributed by atoms with E-state index in [0.717, 1.165) is 51.0 Å². The number of hydrogen-bond donors (Lipinski definition) is 2. The standard InChI is InChI=1S/C21H34N6O/c1-3-22-21(23-15-18(2)17-27-13-8-10-25-27)24-16-19(20-9-7-14-28-20)26-11-5-4-6-12-26/h7-10,13-14,18-19H,3-6,11-12,15-17H2,1-2H3,(H2,22,23,24). The van der Waals surface area contributed by atoms with Crippen molar-refractivity contribution >= 4 is 5.96 Å². The van der Waals surface area contributed by atoms with E-state index < -0.39 is 0 Å². The third kappa shape index (κ3) is 6.12. The fourth-order valence-electron chi connectivity index (χ4n) is 3.69. The molecular weight excluding hydrogens is 352 g/mol. The Kier molecular flexibility index (Phi) is 7.96. The lowest BCUT2D eigenvalue weighted by molar-refractivity contribution is 0.146. The van der Waals surface area contributed by atoms with Gasteiger partial charge in [0.25, 0.3) is 0 Å². The average Bonchev–Trinajstić information content (AvgIpc) is 3.41. The molecule has 1 saturated heterocycles. The maximum absolute atomic E-state index is 5.75. The molecule has 3 rings (SSSR count). The molecule has 2 N–H and O–H groups in total. The van der Waals surface area contributed by atoms with E-state index in [0.29, 0.717) is 5.92 Å². The molecule has 1 fully saturated rings. The highest BCUT2D eigenvalue weighted by atomic mass is 16.3. The third-order valence-electron chi connectivity index (χ3n) is 5.13. The van der Waals surface area contributed by atoms with E-state index in [1.54, 1.807) is 6.26 Å². The topological polar surface area (TPSA) is 70.6 Å². The smallest absolute Gasteiger partial charge is 0.191 e. The van der Waals surface area contributed by atoms with Crippen molar-refractivity contribution < 1.29 is 4.42 Å². The Morgan fingerprint density at radius 1 is 1.25 bits per heavy atom. The van der Waals surface area contributed by atoms with Crippen LogP contribution >= 0.6 is 0 Å². The predicted molar refractivity (Wildman–Crippen MR) is 112 cm³/mol. The van der Waals surface area contributed by atoms with Crippen LogP contribution in [0.1, 0.15) is 44.9 Å². The van der Waals surface area contributed by atoms with E-state index in [2.05, 4.69) is 40.5 Å². The Hall–Kier alpha value is -2.28. The summed E-state index contributed by atoms with van der Waals surface area (Å²) in [5, 5.41) is 11.2. The molecule has 0 aliphatic carbocycles. The number of rotatable bonds is 9. The summed E-state index contributed by atoms with van der Waals surface area (Å²) in [6.07, 6.45) is 9.43. The van der Waals surface area contributed by atoms with E-state index in [1.807, 2.05) is 29.2 Å². The Labute approximate surface area is 168 Å². The number of nitrogens with zero attached hydrogens (tertiary/aromatic N) is 4. The number of piperidine rings is 1. The van der Waals surface area contributed by atoms with Gasteiger partial charge in [0, 0.05) is 38.6 Å². The second-order valence-electron chi connectivity index (χ2n) is 7.56. The van der Waals surface area contributed by atoms with Gasteiger partial charge in [-0.05, 0) is 57.0 Å². The minimum atomic E-state index is 0.237. The van der Waals surface area contributed by atoms with Crippen LogP contribution in [0.5, 0.6) is 0 Å². The monoisotopic (exact) mass is 386 g/mol. The second kappa shape index (κ2) is 10.9. The van der Waals surface area contributed by atoms with Gasteiger partial charge in [-0.3, -0.25) is 14.6 Å². The summed E-state index contributed by atoms with van der Waals surface area (Å²) < 4.78 is 7.71. The maximum atomic E-state index is 5.75. The molecular formula is C21H34N6O. The van der Waals surface area contributed by atoms with Crippen molar-refractivity contribution in [1.29, 1.82) is 0 Å². The minimum absolute atomic E-state index is 0.237. The molecule has 7 heteroatoms. The van der Waals surface area contributed by atoms with Gasteiger partial charge in [-0.15, -0.1) is 0 Å². The second-order valence-corrected chi connectivity index (χ2v) is 7.56. The molecule has 3 heterocycles. The zero-order chi connectivity index (χ0) is 19.6. The van der Waals surface area contributed by atoms with Crippen molar-refractivity contribution in [2.45, 2.75) is 45.7 Å². The van der Waals surface area contributed by atoms with Crippen LogP contribution in [0.25, 0.3) is 0 Å². The van der Waals surface area contributed by atoms with E-state index in [9.17, 15) is 0 Å². The quantitative estimate of drug-likeness (QED) is 0.512. The predicted octanol–water partition coefficient (Wildman–Crippen LogP) is 2.89. The summed E-state index contributed by atoms with van der Waals surface area (Å²) in [7, 11) is 0. The van der Waals surface area contributed by atoms with Gasteiger partial charge < -0.3 is 15.1 Å². The van der Waals surface area contributed by atoms with Crippen LogP contribution in [0.15, 0.2) is 46.3 Å². The summed E-state index contributed by atoms with van der Waals surface area (Å²) in [5.41, 5.74) is 0. The third-order valence-corrected chi connectivity index (χ3v) is 5.13. The van der Waals surface area contributed by atoms with Crippen molar-refractivity contribution in [3.63, 3.8) is 0 Å². The highest BCUT2D eigenvalue weighted by Crippen LogP contribution is 2.24. The molecule has 1 aliphatic heterocycles. The van der Waals surface area contributed by atoms with Crippen LogP contribution in [0.3, 0.4) is 0 Å². The number of aromatic nitrogens is 2. The molecule has 154 valence electrons. The fraction of sp³-hybridized carbons (Fsp3) is 0.619. The highest BCUT2D eigenvalue weighted by Gasteiger charge is 2.24. The van der Waals surface area contributed by atoms with Crippen molar-refractivity contribution in [3.05, 3.63) is 42.6 Å². The Bertz CT molecular complexity index is 676. The minimum Gasteiger partial charge on any atom is -0.468 e. The van der Waals surface area contributed by atoms with E-state index in [1.165, 1.54) is 19.3 Å². The molecule has 0 saturated carbocycles. The number of furan rings is 1. The van der Waals surface area contributed by atoms with Crippen LogP contribution in [-0.2, 0) is 6.54 Å². The van der Waals surface area contributed by atoms with Gasteiger partial charge in [-0.2, -0.15) is 5.10 Å². The van der Waals surface area contributed by atoms with Crippen molar-refractivity contribution in [2.75, 3.05) is 32.7 Å². The van der Waals surface area contributed by atoms with Gasteiger partial charge in [0.2, 0.25) is 0 Å². The lowest BCUT2D eigenvalue weighted by atomic mass is 10.1. The first kappa shape index (κ1) is 20.5. The summed E-state index contributed by atoms with van der Waals surface area (Å²) in [5.74, 6) is 2.30. The Morgan fingerprint density at radius 2 is 2.11 bits per heavy atom. The lowest BCUT2D eigenvalue weighted by Crippen LogP contribution is -2.44. The first-order valence-electron chi connectivity index (χ1n) is 10.5. The molecule has 1 aliphatic rings. The molecule has 2 aromatic heterocycles. The van der Waals surface area contributed by atoms with Gasteiger partial charge in [0.05, 0.1) is 12.3 Å². The zero-order valence-electron chi connectivity index (χ0n) is 17.2. The number of aliphatic imine (C=N–C) groups is 1. The zero-order valence-corrected chi connectivity index (χ0v) is 17.2. The average molecular weight is 387 g/mol. The molecule has 0 bridgehead atoms. The molecule has 0 aromatic carbocycles. The van der Waals surface area contributed by atoms with Crippen LogP contribution in [0, 0.1) is 5.92 Å². The molecule has 2 atom stereocenters. The Morgan fingerprint density at radius 3 is 2.79 bits per heavy atom. The van der Waals surface area contributed by atoms with Gasteiger partial charge in [-0.25, -0.2) is 0 Å². The molecule has 2 aromatic rings. The van der Waals surface area contributed by atoms with Crippen LogP contribution in [-0.4, -0.2) is 53.4 Å². The summed E-state index contributed by atoms with van der Waals surface area (Å²) in [4.78, 5) is 7.32. The molecule has 0 amide bonds. The first-order valence-corrected chi connectivity index (χ1v) is 10.5. The van der Waals surface area contributed by atoms with Gasteiger partial charge >= 0.3 is 0 Å². The Balaban J connectivity index is 1.58. The van der Waals surface area contributed by atoms with Gasteiger partial charge in [0.1, 0.15) is 5.76 Å². The van der Waals surface area contributed by atoms with Crippen LogP contribution < -0.4 is 10.6 Å². The number of likely N-dealkylation sites (tertiary alicyclic amines) is 1. The summed E-state index contributed by atoms with van der Waals surface area (Å²) >= 11 is 0.